The molecule has 3 rings (SSSR count). The van der Waals surface area contributed by atoms with E-state index in [1.54, 1.807) is 48.5 Å². The zero-order chi connectivity index (χ0) is 23.3. The minimum atomic E-state index is -3.96. The maximum atomic E-state index is 13.4. The van der Waals surface area contributed by atoms with Crippen molar-refractivity contribution in [1.29, 1.82) is 0 Å². The van der Waals surface area contributed by atoms with E-state index in [0.717, 1.165) is 21.9 Å². The summed E-state index contributed by atoms with van der Waals surface area (Å²) in [5.41, 5.74) is 3.48. The van der Waals surface area contributed by atoms with Gasteiger partial charge in [0.1, 0.15) is 6.54 Å². The fourth-order valence-corrected chi connectivity index (χ4v) is 4.85. The molecule has 5 nitrogen and oxygen atoms in total. The molecule has 0 radical (unpaired) electrons. The van der Waals surface area contributed by atoms with Crippen LogP contribution in [0.25, 0.3) is 0 Å². The number of rotatable bonds is 8. The molecule has 1 N–H and O–H groups in total. The maximum absolute atomic E-state index is 13.4. The molecule has 1 amide bonds. The van der Waals surface area contributed by atoms with Gasteiger partial charge in [0, 0.05) is 5.02 Å². The summed E-state index contributed by atoms with van der Waals surface area (Å²) in [6, 6.07) is 20.7. The van der Waals surface area contributed by atoms with E-state index in [1.807, 2.05) is 38.1 Å². The molecule has 0 heterocycles. The lowest BCUT2D eigenvalue weighted by molar-refractivity contribution is -0.120. The molecule has 0 spiro atoms. The van der Waals surface area contributed by atoms with Crippen LogP contribution in [0.15, 0.2) is 77.7 Å². The molecule has 0 aliphatic heterocycles. The molecule has 1 atom stereocenters. The minimum Gasteiger partial charge on any atom is -0.348 e. The predicted octanol–water partition coefficient (Wildman–Crippen LogP) is 5.28. The summed E-state index contributed by atoms with van der Waals surface area (Å²) in [6.07, 6.45) is 0.938. The van der Waals surface area contributed by atoms with Crippen LogP contribution in [0.4, 0.5) is 5.69 Å². The second kappa shape index (κ2) is 10.2. The highest BCUT2D eigenvalue weighted by Gasteiger charge is 2.27. The number of hydrogen-bond acceptors (Lipinski definition) is 3. The van der Waals surface area contributed by atoms with Gasteiger partial charge < -0.3 is 5.32 Å². The number of aryl methyl sites for hydroxylation is 2. The largest absolute Gasteiger partial charge is 0.348 e. The maximum Gasteiger partial charge on any atom is 0.264 e. The molecule has 7 heteroatoms. The van der Waals surface area contributed by atoms with Crippen molar-refractivity contribution in [3.63, 3.8) is 0 Å². The molecule has 0 aliphatic rings. The number of nitrogens with zero attached hydrogens (tertiary/aromatic N) is 1. The lowest BCUT2D eigenvalue weighted by Gasteiger charge is -2.25. The molecule has 32 heavy (non-hydrogen) atoms. The first kappa shape index (κ1) is 23.8. The molecule has 1 unspecified atom stereocenters. The third-order valence-corrected chi connectivity index (χ3v) is 7.32. The summed E-state index contributed by atoms with van der Waals surface area (Å²) in [7, 11) is -3.96. The summed E-state index contributed by atoms with van der Waals surface area (Å²) in [6.45, 7) is 5.49. The molecular formula is C25H27ClN2O3S. The molecule has 3 aromatic carbocycles. The minimum absolute atomic E-state index is 0.119. The Balaban J connectivity index is 1.85. The molecule has 0 saturated carbocycles. The van der Waals surface area contributed by atoms with Gasteiger partial charge in [0.25, 0.3) is 10.0 Å². The van der Waals surface area contributed by atoms with Crippen LogP contribution in [0.3, 0.4) is 0 Å². The zero-order valence-corrected chi connectivity index (χ0v) is 20.0. The number of halogens is 1. The van der Waals surface area contributed by atoms with Gasteiger partial charge in [0.15, 0.2) is 0 Å². The Bertz CT molecular complexity index is 1160. The van der Waals surface area contributed by atoms with E-state index in [-0.39, 0.29) is 17.5 Å². The van der Waals surface area contributed by atoms with Gasteiger partial charge in [-0.3, -0.25) is 9.10 Å². The molecule has 3 aromatic rings. The normalized spacial score (nSPS) is 12.2. The highest BCUT2D eigenvalue weighted by molar-refractivity contribution is 7.92. The van der Waals surface area contributed by atoms with E-state index in [1.165, 1.54) is 5.56 Å². The Morgan fingerprint density at radius 1 is 0.969 bits per heavy atom. The van der Waals surface area contributed by atoms with Crippen LogP contribution in [-0.2, 0) is 21.2 Å². The van der Waals surface area contributed by atoms with Crippen molar-refractivity contribution in [2.24, 2.45) is 0 Å². The fraction of sp³-hybridized carbons (Fsp3) is 0.240. The highest BCUT2D eigenvalue weighted by Crippen LogP contribution is 2.25. The van der Waals surface area contributed by atoms with Gasteiger partial charge in [-0.05, 0) is 67.8 Å². The molecule has 0 aromatic heterocycles. The summed E-state index contributed by atoms with van der Waals surface area (Å²) in [5.74, 6) is -0.400. The van der Waals surface area contributed by atoms with Crippen LogP contribution in [-0.4, -0.2) is 20.9 Å². The van der Waals surface area contributed by atoms with Crippen molar-refractivity contribution in [2.45, 2.75) is 38.1 Å². The highest BCUT2D eigenvalue weighted by atomic mass is 35.5. The smallest absolute Gasteiger partial charge is 0.264 e. The standard InChI is InChI=1S/C25H27ClN2O3S/c1-4-20-7-9-21(10-8-20)19(3)27-25(29)17-28(23-13-11-22(26)12-14-23)32(30,31)24-15-5-18(2)6-16-24/h5-16,19H,4,17H2,1-3H3,(H,27,29). The van der Waals surface area contributed by atoms with E-state index >= 15 is 0 Å². The summed E-state index contributed by atoms with van der Waals surface area (Å²) in [5, 5.41) is 3.39. The summed E-state index contributed by atoms with van der Waals surface area (Å²) < 4.78 is 27.9. The monoisotopic (exact) mass is 470 g/mol. The first-order valence-electron chi connectivity index (χ1n) is 10.4. The average Bonchev–Trinajstić information content (AvgIpc) is 2.78. The van der Waals surface area contributed by atoms with Crippen LogP contribution in [0.1, 0.15) is 36.6 Å². The SMILES string of the molecule is CCc1ccc(C(C)NC(=O)CN(c2ccc(Cl)cc2)S(=O)(=O)c2ccc(C)cc2)cc1. The Hall–Kier alpha value is -2.83. The van der Waals surface area contributed by atoms with Crippen LogP contribution in [0.5, 0.6) is 0 Å². The van der Waals surface area contributed by atoms with Crippen LogP contribution in [0, 0.1) is 6.92 Å². The van der Waals surface area contributed by atoms with Crippen LogP contribution in [0.2, 0.25) is 5.02 Å². The molecule has 0 fully saturated rings. The van der Waals surface area contributed by atoms with Crippen molar-refractivity contribution in [2.75, 3.05) is 10.8 Å². The predicted molar refractivity (Wildman–Crippen MR) is 130 cm³/mol. The lowest BCUT2D eigenvalue weighted by atomic mass is 10.1. The third kappa shape index (κ3) is 5.69. The van der Waals surface area contributed by atoms with Gasteiger partial charge >= 0.3 is 0 Å². The van der Waals surface area contributed by atoms with Gasteiger partial charge in [0.05, 0.1) is 16.6 Å². The molecule has 0 saturated heterocycles. The second-order valence-electron chi connectivity index (χ2n) is 7.69. The van der Waals surface area contributed by atoms with Crippen molar-refractivity contribution in [1.82, 2.24) is 5.32 Å². The molecular weight excluding hydrogens is 444 g/mol. The third-order valence-electron chi connectivity index (χ3n) is 5.28. The molecule has 0 bridgehead atoms. The number of amides is 1. The zero-order valence-electron chi connectivity index (χ0n) is 18.4. The van der Waals surface area contributed by atoms with E-state index in [0.29, 0.717) is 10.7 Å². The number of anilines is 1. The number of carbonyl (C=O) groups is 1. The van der Waals surface area contributed by atoms with Crippen molar-refractivity contribution in [3.05, 3.63) is 94.5 Å². The summed E-state index contributed by atoms with van der Waals surface area (Å²) >= 11 is 5.98. The first-order valence-corrected chi connectivity index (χ1v) is 12.3. The van der Waals surface area contributed by atoms with E-state index < -0.39 is 15.9 Å². The van der Waals surface area contributed by atoms with Crippen LogP contribution < -0.4 is 9.62 Å². The van der Waals surface area contributed by atoms with Crippen LogP contribution >= 0.6 is 11.6 Å². The lowest BCUT2D eigenvalue weighted by Crippen LogP contribution is -2.41. The average molecular weight is 471 g/mol. The number of nitrogens with one attached hydrogen (secondary N) is 1. The Morgan fingerprint density at radius 3 is 2.12 bits per heavy atom. The number of sulfonamides is 1. The van der Waals surface area contributed by atoms with Gasteiger partial charge in [-0.1, -0.05) is 60.5 Å². The van der Waals surface area contributed by atoms with Crippen molar-refractivity contribution >= 4 is 33.2 Å². The quantitative estimate of drug-likeness (QED) is 0.486. The van der Waals surface area contributed by atoms with E-state index in [2.05, 4.69) is 12.2 Å². The van der Waals surface area contributed by atoms with Gasteiger partial charge in [-0.15, -0.1) is 0 Å². The number of hydrogen-bond donors (Lipinski definition) is 1. The Labute approximate surface area is 195 Å². The molecule has 168 valence electrons. The van der Waals surface area contributed by atoms with Crippen molar-refractivity contribution < 1.29 is 13.2 Å². The summed E-state index contributed by atoms with van der Waals surface area (Å²) in [4.78, 5) is 13.0. The van der Waals surface area contributed by atoms with E-state index in [4.69, 9.17) is 11.6 Å². The number of benzene rings is 3. The Kier molecular flexibility index (Phi) is 7.59. The first-order chi connectivity index (χ1) is 15.2. The molecule has 0 aliphatic carbocycles. The van der Waals surface area contributed by atoms with Gasteiger partial charge in [-0.2, -0.15) is 0 Å². The topological polar surface area (TPSA) is 66.5 Å². The van der Waals surface area contributed by atoms with Crippen molar-refractivity contribution in [3.8, 4) is 0 Å². The van der Waals surface area contributed by atoms with Gasteiger partial charge in [0.2, 0.25) is 5.91 Å². The van der Waals surface area contributed by atoms with Gasteiger partial charge in [-0.25, -0.2) is 8.42 Å². The second-order valence-corrected chi connectivity index (χ2v) is 9.98. The number of carbonyl (C=O) groups excluding carboxylic acids is 1. The van der Waals surface area contributed by atoms with E-state index in [9.17, 15) is 13.2 Å². The Morgan fingerprint density at radius 2 is 1.56 bits per heavy atom. The fourth-order valence-electron chi connectivity index (χ4n) is 3.30.